The van der Waals surface area contributed by atoms with Gasteiger partial charge in [-0.1, -0.05) is 11.6 Å². The van der Waals surface area contributed by atoms with Crippen molar-refractivity contribution in [3.8, 4) is 11.4 Å². The molecule has 1 saturated heterocycles. The first-order chi connectivity index (χ1) is 16.5. The quantitative estimate of drug-likeness (QED) is 0.558. The van der Waals surface area contributed by atoms with Gasteiger partial charge in [0.05, 0.1) is 11.6 Å². The second kappa shape index (κ2) is 9.56. The minimum Gasteiger partial charge on any atom is -0.345 e. The number of aromatic nitrogens is 4. The molecule has 3 amide bonds. The summed E-state index contributed by atoms with van der Waals surface area (Å²) >= 11 is 6.08. The van der Waals surface area contributed by atoms with Gasteiger partial charge in [-0.2, -0.15) is 13.2 Å². The number of alkyl halides is 3. The van der Waals surface area contributed by atoms with Crippen LogP contribution in [0.5, 0.6) is 0 Å². The molecular weight excluding hydrogens is 489 g/mol. The zero-order valence-electron chi connectivity index (χ0n) is 18.8. The summed E-state index contributed by atoms with van der Waals surface area (Å²) in [7, 11) is 3.12. The van der Waals surface area contributed by atoms with E-state index in [0.717, 1.165) is 0 Å². The second-order valence-corrected chi connectivity index (χ2v) is 8.59. The monoisotopic (exact) mass is 510 g/mol. The van der Waals surface area contributed by atoms with Crippen LogP contribution < -0.4 is 10.2 Å². The summed E-state index contributed by atoms with van der Waals surface area (Å²) in [6.45, 7) is -1.14. The van der Waals surface area contributed by atoms with E-state index in [1.165, 1.54) is 22.2 Å². The minimum atomic E-state index is -4.57. The van der Waals surface area contributed by atoms with Crippen molar-refractivity contribution >= 4 is 40.4 Å². The molecule has 1 fully saturated rings. The van der Waals surface area contributed by atoms with E-state index in [1.54, 1.807) is 37.3 Å². The predicted octanol–water partition coefficient (Wildman–Crippen LogP) is 2.52. The molecule has 0 aliphatic carbocycles. The third kappa shape index (κ3) is 5.39. The van der Waals surface area contributed by atoms with E-state index in [1.807, 2.05) is 5.32 Å². The lowest BCUT2D eigenvalue weighted by Crippen LogP contribution is -2.62. The van der Waals surface area contributed by atoms with E-state index in [9.17, 15) is 22.8 Å². The molecule has 0 saturated carbocycles. The second-order valence-electron chi connectivity index (χ2n) is 8.16. The molecular formula is C21H22ClF3N8O2. The van der Waals surface area contributed by atoms with Crippen LogP contribution in [0.15, 0.2) is 30.7 Å². The van der Waals surface area contributed by atoms with Crippen LogP contribution in [0, 0.1) is 0 Å². The molecule has 1 aliphatic rings. The van der Waals surface area contributed by atoms with Gasteiger partial charge in [-0.15, -0.1) is 0 Å². The van der Waals surface area contributed by atoms with Crippen LogP contribution >= 0.6 is 11.6 Å². The smallest absolute Gasteiger partial charge is 0.345 e. The highest BCUT2D eigenvalue weighted by molar-refractivity contribution is 6.31. The van der Waals surface area contributed by atoms with Crippen molar-refractivity contribution in [2.24, 2.45) is 0 Å². The molecule has 3 aromatic heterocycles. The lowest BCUT2D eigenvalue weighted by Gasteiger charge is -2.41. The average Bonchev–Trinajstić information content (AvgIpc) is 3.24. The Balaban J connectivity index is 1.66. The third-order valence-electron chi connectivity index (χ3n) is 5.47. The van der Waals surface area contributed by atoms with E-state index in [0.29, 0.717) is 33.3 Å². The summed E-state index contributed by atoms with van der Waals surface area (Å²) < 4.78 is 38.2. The summed E-state index contributed by atoms with van der Waals surface area (Å²) in [4.78, 5) is 45.7. The average molecular weight is 511 g/mol. The molecule has 186 valence electrons. The number of nitrogens with one attached hydrogen (secondary N) is 2. The van der Waals surface area contributed by atoms with Crippen LogP contribution in [0.1, 0.15) is 0 Å². The fraction of sp³-hybridized carbons (Fsp3) is 0.381. The summed E-state index contributed by atoms with van der Waals surface area (Å²) in [5.74, 6) is -0.204. The summed E-state index contributed by atoms with van der Waals surface area (Å²) in [5, 5.41) is 3.04. The first kappa shape index (κ1) is 24.5. The van der Waals surface area contributed by atoms with Crippen molar-refractivity contribution in [2.45, 2.75) is 12.2 Å². The van der Waals surface area contributed by atoms with Crippen LogP contribution in [-0.4, -0.2) is 94.2 Å². The molecule has 2 N–H and O–H groups in total. The molecule has 35 heavy (non-hydrogen) atoms. The number of aromatic amines is 1. The Morgan fingerprint density at radius 1 is 1.29 bits per heavy atom. The molecule has 14 heteroatoms. The number of fused-ring (bicyclic) bond motifs is 1. The largest absolute Gasteiger partial charge is 0.405 e. The van der Waals surface area contributed by atoms with Crippen molar-refractivity contribution < 1.29 is 22.8 Å². The molecule has 0 spiro atoms. The van der Waals surface area contributed by atoms with Crippen molar-refractivity contribution in [3.05, 3.63) is 35.7 Å². The zero-order chi connectivity index (χ0) is 25.3. The van der Waals surface area contributed by atoms with Gasteiger partial charge in [-0.25, -0.2) is 19.7 Å². The number of amides is 3. The topological polar surface area (TPSA) is 110 Å². The van der Waals surface area contributed by atoms with Gasteiger partial charge in [0.15, 0.2) is 5.82 Å². The standard InChI is InChI=1S/C21H22ClF3N8O2/c1-31(2)20(35)32-5-6-33(15(10-32)19(34)29-11-21(23,24)25)16-3-4-26-18(30-16)14-9-28-17-13(14)7-12(22)8-27-17/h3-4,7-9,15H,5-6,10-11H2,1-2H3,(H,27,28)(H,29,34)/t15-/m0/s1. The lowest BCUT2D eigenvalue weighted by atomic mass is 10.1. The number of carbonyl (C=O) groups is 2. The van der Waals surface area contributed by atoms with Gasteiger partial charge in [-0.3, -0.25) is 4.79 Å². The molecule has 3 aromatic rings. The molecule has 0 radical (unpaired) electrons. The number of anilines is 1. The molecule has 4 heterocycles. The first-order valence-corrected chi connectivity index (χ1v) is 10.9. The Labute approximate surface area is 203 Å². The maximum atomic E-state index is 12.8. The number of piperazine rings is 1. The van der Waals surface area contributed by atoms with Crippen molar-refractivity contribution in [2.75, 3.05) is 45.2 Å². The van der Waals surface area contributed by atoms with Crippen LogP contribution in [0.25, 0.3) is 22.4 Å². The number of H-pyrrole nitrogens is 1. The first-order valence-electron chi connectivity index (χ1n) is 10.6. The van der Waals surface area contributed by atoms with Crippen LogP contribution in [0.4, 0.5) is 23.8 Å². The van der Waals surface area contributed by atoms with Crippen LogP contribution in [-0.2, 0) is 4.79 Å². The lowest BCUT2D eigenvalue weighted by molar-refractivity contribution is -0.139. The van der Waals surface area contributed by atoms with Gasteiger partial charge in [0, 0.05) is 56.7 Å². The van der Waals surface area contributed by atoms with Crippen LogP contribution in [0.3, 0.4) is 0 Å². The summed E-state index contributed by atoms with van der Waals surface area (Å²) in [6.07, 6.45) is 0.103. The van der Waals surface area contributed by atoms with E-state index >= 15 is 0 Å². The highest BCUT2D eigenvalue weighted by atomic mass is 35.5. The highest BCUT2D eigenvalue weighted by Gasteiger charge is 2.37. The van der Waals surface area contributed by atoms with Crippen molar-refractivity contribution in [3.63, 3.8) is 0 Å². The maximum Gasteiger partial charge on any atom is 0.405 e. The summed E-state index contributed by atoms with van der Waals surface area (Å²) in [6, 6.07) is 1.85. The fourth-order valence-corrected chi connectivity index (χ4v) is 4.00. The summed E-state index contributed by atoms with van der Waals surface area (Å²) in [5.41, 5.74) is 1.20. The van der Waals surface area contributed by atoms with E-state index in [4.69, 9.17) is 11.6 Å². The maximum absolute atomic E-state index is 12.8. The highest BCUT2D eigenvalue weighted by Crippen LogP contribution is 2.29. The molecule has 0 aromatic carbocycles. The number of rotatable bonds is 4. The third-order valence-corrected chi connectivity index (χ3v) is 5.68. The molecule has 1 aliphatic heterocycles. The predicted molar refractivity (Wildman–Crippen MR) is 123 cm³/mol. The molecule has 0 unspecified atom stereocenters. The normalized spacial score (nSPS) is 16.5. The Morgan fingerprint density at radius 3 is 2.77 bits per heavy atom. The Hall–Kier alpha value is -3.61. The van der Waals surface area contributed by atoms with Gasteiger partial charge in [0.25, 0.3) is 0 Å². The Kier molecular flexibility index (Phi) is 6.70. The fourth-order valence-electron chi connectivity index (χ4n) is 3.85. The number of hydrogen-bond acceptors (Lipinski definition) is 6. The number of pyridine rings is 1. The van der Waals surface area contributed by atoms with Crippen molar-refractivity contribution in [1.82, 2.24) is 35.1 Å². The SMILES string of the molecule is CN(C)C(=O)N1CCN(c2ccnc(-c3c[nH]c4ncc(Cl)cc34)n2)[C@H](C(=O)NCC(F)(F)F)C1. The van der Waals surface area contributed by atoms with Gasteiger partial charge < -0.3 is 25.0 Å². The Morgan fingerprint density at radius 2 is 2.06 bits per heavy atom. The van der Waals surface area contributed by atoms with E-state index < -0.39 is 24.7 Å². The zero-order valence-corrected chi connectivity index (χ0v) is 19.6. The Bertz CT molecular complexity index is 1250. The molecule has 1 atom stereocenters. The number of hydrogen-bond donors (Lipinski definition) is 2. The molecule has 10 nitrogen and oxygen atoms in total. The minimum absolute atomic E-state index is 0.105. The van der Waals surface area contributed by atoms with E-state index in [-0.39, 0.29) is 25.7 Å². The van der Waals surface area contributed by atoms with Gasteiger partial charge >= 0.3 is 12.2 Å². The van der Waals surface area contributed by atoms with Crippen molar-refractivity contribution in [1.29, 1.82) is 0 Å². The van der Waals surface area contributed by atoms with Gasteiger partial charge in [0.2, 0.25) is 5.91 Å². The van der Waals surface area contributed by atoms with Crippen LogP contribution in [0.2, 0.25) is 5.02 Å². The number of nitrogens with zero attached hydrogens (tertiary/aromatic N) is 6. The number of carbonyl (C=O) groups excluding carboxylic acids is 2. The van der Waals surface area contributed by atoms with E-state index in [2.05, 4.69) is 19.9 Å². The molecule has 0 bridgehead atoms. The number of urea groups is 1. The molecule has 4 rings (SSSR count). The van der Waals surface area contributed by atoms with Gasteiger partial charge in [0.1, 0.15) is 24.1 Å². The number of halogens is 4. The van der Waals surface area contributed by atoms with Gasteiger partial charge in [-0.05, 0) is 12.1 Å².